The van der Waals surface area contributed by atoms with Gasteiger partial charge in [-0.05, 0) is 24.8 Å². The van der Waals surface area contributed by atoms with Crippen LogP contribution in [0.5, 0.6) is 0 Å². The molecule has 2 N–H and O–H groups in total. The van der Waals surface area contributed by atoms with Gasteiger partial charge in [0, 0.05) is 13.0 Å². The average molecular weight is 278 g/mol. The summed E-state index contributed by atoms with van der Waals surface area (Å²) in [4.78, 5) is 25.1. The van der Waals surface area contributed by atoms with E-state index in [1.807, 2.05) is 0 Å². The number of nitrogens with one attached hydrogen (secondary N) is 1. The Morgan fingerprint density at radius 3 is 2.80 bits per heavy atom. The molecule has 2 fully saturated rings. The van der Waals surface area contributed by atoms with Crippen molar-refractivity contribution in [3.05, 3.63) is 24.2 Å². The van der Waals surface area contributed by atoms with Gasteiger partial charge in [-0.3, -0.25) is 9.59 Å². The van der Waals surface area contributed by atoms with Crippen LogP contribution in [0.25, 0.3) is 0 Å². The first-order chi connectivity index (χ1) is 9.58. The van der Waals surface area contributed by atoms with Crippen molar-refractivity contribution in [2.45, 2.75) is 24.9 Å². The molecule has 0 spiro atoms. The third kappa shape index (κ3) is 2.56. The molecule has 0 bridgehead atoms. The zero-order valence-corrected chi connectivity index (χ0v) is 11.2. The number of likely N-dealkylation sites (tertiary alicyclic amines) is 1. The molecule has 1 aliphatic carbocycles. The molecule has 2 heterocycles. The van der Waals surface area contributed by atoms with Crippen molar-refractivity contribution >= 4 is 11.8 Å². The maximum absolute atomic E-state index is 11.9. The lowest BCUT2D eigenvalue weighted by Gasteiger charge is -2.47. The number of aliphatic hydroxyl groups is 1. The van der Waals surface area contributed by atoms with Crippen LogP contribution in [0.3, 0.4) is 0 Å². The van der Waals surface area contributed by atoms with E-state index in [1.165, 1.54) is 12.5 Å². The Balaban J connectivity index is 1.37. The molecule has 0 radical (unpaired) electrons. The fraction of sp³-hybridized carbons (Fsp3) is 0.571. The molecule has 0 unspecified atom stereocenters. The Labute approximate surface area is 116 Å². The minimum atomic E-state index is -0.643. The molecule has 0 atom stereocenters. The van der Waals surface area contributed by atoms with Crippen LogP contribution < -0.4 is 5.32 Å². The minimum Gasteiger partial charge on any atom is -0.472 e. The van der Waals surface area contributed by atoms with Crippen LogP contribution >= 0.6 is 0 Å². The minimum absolute atomic E-state index is 0.0252. The van der Waals surface area contributed by atoms with Gasteiger partial charge in [0.05, 0.1) is 24.9 Å². The molecule has 2 amide bonds. The highest BCUT2D eigenvalue weighted by Gasteiger charge is 2.52. The maximum Gasteiger partial charge on any atom is 0.254 e. The fourth-order valence-electron chi connectivity index (χ4n) is 2.61. The summed E-state index contributed by atoms with van der Waals surface area (Å²) in [7, 11) is 0. The van der Waals surface area contributed by atoms with E-state index in [9.17, 15) is 14.7 Å². The molecule has 1 saturated carbocycles. The van der Waals surface area contributed by atoms with Crippen molar-refractivity contribution in [3.8, 4) is 0 Å². The standard InChI is InChI=1S/C14H18N2O4/c17-12(16-8-14(19,9-16)11-1-2-11)3-5-15-13(18)10-4-6-20-7-10/h4,6-7,11,19H,1-3,5,8-9H2,(H,15,18). The predicted octanol–water partition coefficient (Wildman–Crippen LogP) is 0.383. The lowest BCUT2D eigenvalue weighted by molar-refractivity contribution is -0.159. The van der Waals surface area contributed by atoms with Crippen LogP contribution in [0.1, 0.15) is 29.6 Å². The summed E-state index contributed by atoms with van der Waals surface area (Å²) in [6.45, 7) is 1.17. The van der Waals surface area contributed by atoms with E-state index in [0.717, 1.165) is 12.8 Å². The first-order valence-electron chi connectivity index (χ1n) is 6.89. The van der Waals surface area contributed by atoms with Gasteiger partial charge in [0.2, 0.25) is 5.91 Å². The molecule has 2 aliphatic rings. The van der Waals surface area contributed by atoms with E-state index in [1.54, 1.807) is 11.0 Å². The Hall–Kier alpha value is -1.82. The Morgan fingerprint density at radius 2 is 2.20 bits per heavy atom. The van der Waals surface area contributed by atoms with Crippen molar-refractivity contribution < 1.29 is 19.1 Å². The van der Waals surface area contributed by atoms with E-state index in [2.05, 4.69) is 5.32 Å². The van der Waals surface area contributed by atoms with Crippen LogP contribution in [0.2, 0.25) is 0 Å². The second-order valence-electron chi connectivity index (χ2n) is 5.65. The SMILES string of the molecule is O=C(NCCC(=O)N1CC(O)(C2CC2)C1)c1ccoc1. The zero-order valence-electron chi connectivity index (χ0n) is 11.2. The number of carbonyl (C=O) groups is 2. The Bertz CT molecular complexity index is 501. The largest absolute Gasteiger partial charge is 0.472 e. The van der Waals surface area contributed by atoms with Gasteiger partial charge in [0.15, 0.2) is 0 Å². The average Bonchev–Trinajstić information content (AvgIpc) is 3.10. The third-order valence-corrected chi connectivity index (χ3v) is 4.03. The van der Waals surface area contributed by atoms with Gasteiger partial charge >= 0.3 is 0 Å². The lowest BCUT2D eigenvalue weighted by atomic mass is 9.88. The number of furan rings is 1. The van der Waals surface area contributed by atoms with Crippen LogP contribution in [0, 0.1) is 5.92 Å². The number of β-amino-alcohol motifs (C(OH)–C–C–N with tert-alkyl or cyclic N) is 1. The van der Waals surface area contributed by atoms with Crippen LogP contribution in [0.4, 0.5) is 0 Å². The first-order valence-corrected chi connectivity index (χ1v) is 6.89. The summed E-state index contributed by atoms with van der Waals surface area (Å²) in [6.07, 6.45) is 5.18. The number of hydrogen-bond donors (Lipinski definition) is 2. The summed E-state index contributed by atoms with van der Waals surface area (Å²) in [5.74, 6) is 0.111. The van der Waals surface area contributed by atoms with Crippen LogP contribution in [-0.4, -0.2) is 47.1 Å². The molecule has 6 heteroatoms. The Morgan fingerprint density at radius 1 is 1.45 bits per heavy atom. The highest BCUT2D eigenvalue weighted by atomic mass is 16.3. The molecular weight excluding hydrogens is 260 g/mol. The smallest absolute Gasteiger partial charge is 0.254 e. The highest BCUT2D eigenvalue weighted by molar-refractivity contribution is 5.94. The maximum atomic E-state index is 11.9. The van der Waals surface area contributed by atoms with Crippen molar-refractivity contribution in [3.63, 3.8) is 0 Å². The molecular formula is C14H18N2O4. The van der Waals surface area contributed by atoms with Crippen LogP contribution in [-0.2, 0) is 4.79 Å². The highest BCUT2D eigenvalue weighted by Crippen LogP contribution is 2.44. The summed E-state index contributed by atoms with van der Waals surface area (Å²) < 4.78 is 4.82. The van der Waals surface area contributed by atoms with E-state index in [4.69, 9.17) is 4.42 Å². The van der Waals surface area contributed by atoms with Crippen molar-refractivity contribution in [1.82, 2.24) is 10.2 Å². The Kier molecular flexibility index (Phi) is 3.25. The summed E-state index contributed by atoms with van der Waals surface area (Å²) in [5, 5.41) is 12.8. The monoisotopic (exact) mass is 278 g/mol. The molecule has 108 valence electrons. The second kappa shape index (κ2) is 4.94. The molecule has 3 rings (SSSR count). The molecule has 6 nitrogen and oxygen atoms in total. The van der Waals surface area contributed by atoms with E-state index < -0.39 is 5.60 Å². The van der Waals surface area contributed by atoms with E-state index >= 15 is 0 Å². The normalized spacial score (nSPS) is 20.4. The summed E-state index contributed by atoms with van der Waals surface area (Å²) >= 11 is 0. The van der Waals surface area contributed by atoms with E-state index in [0.29, 0.717) is 31.1 Å². The molecule has 1 aliphatic heterocycles. The van der Waals surface area contributed by atoms with Crippen molar-refractivity contribution in [2.75, 3.05) is 19.6 Å². The molecule has 20 heavy (non-hydrogen) atoms. The molecule has 1 aromatic heterocycles. The summed E-state index contributed by atoms with van der Waals surface area (Å²) in [5.41, 5.74) is -0.195. The third-order valence-electron chi connectivity index (χ3n) is 4.03. The number of carbonyl (C=O) groups excluding carboxylic acids is 2. The van der Waals surface area contributed by atoms with Gasteiger partial charge < -0.3 is 19.7 Å². The van der Waals surface area contributed by atoms with Gasteiger partial charge in [-0.1, -0.05) is 0 Å². The predicted molar refractivity (Wildman–Crippen MR) is 69.9 cm³/mol. The molecule has 1 aromatic rings. The van der Waals surface area contributed by atoms with Crippen molar-refractivity contribution in [2.24, 2.45) is 5.92 Å². The number of amides is 2. The van der Waals surface area contributed by atoms with Gasteiger partial charge in [0.25, 0.3) is 5.91 Å². The number of rotatable bonds is 5. The van der Waals surface area contributed by atoms with Gasteiger partial charge in [-0.15, -0.1) is 0 Å². The lowest BCUT2D eigenvalue weighted by Crippen LogP contribution is -2.64. The van der Waals surface area contributed by atoms with E-state index in [-0.39, 0.29) is 18.2 Å². The topological polar surface area (TPSA) is 82.8 Å². The van der Waals surface area contributed by atoms with Crippen LogP contribution in [0.15, 0.2) is 23.0 Å². The zero-order chi connectivity index (χ0) is 14.2. The van der Waals surface area contributed by atoms with Crippen molar-refractivity contribution in [1.29, 1.82) is 0 Å². The van der Waals surface area contributed by atoms with Gasteiger partial charge in [-0.25, -0.2) is 0 Å². The van der Waals surface area contributed by atoms with Gasteiger partial charge in [-0.2, -0.15) is 0 Å². The molecule has 1 saturated heterocycles. The quantitative estimate of drug-likeness (QED) is 0.816. The number of nitrogens with zero attached hydrogens (tertiary/aromatic N) is 1. The fourth-order valence-corrected chi connectivity index (χ4v) is 2.61. The first kappa shape index (κ1) is 13.2. The second-order valence-corrected chi connectivity index (χ2v) is 5.65. The summed E-state index contributed by atoms with van der Waals surface area (Å²) in [6, 6.07) is 1.57. The number of hydrogen-bond acceptors (Lipinski definition) is 4. The molecule has 0 aromatic carbocycles. The van der Waals surface area contributed by atoms with Gasteiger partial charge in [0.1, 0.15) is 11.9 Å².